The van der Waals surface area contributed by atoms with Gasteiger partial charge in [-0.2, -0.15) is 11.8 Å². The van der Waals surface area contributed by atoms with Gasteiger partial charge in [0.15, 0.2) is 6.61 Å². The van der Waals surface area contributed by atoms with Gasteiger partial charge in [0.05, 0.1) is 0 Å². The van der Waals surface area contributed by atoms with Crippen molar-refractivity contribution in [1.82, 2.24) is 5.32 Å². The van der Waals surface area contributed by atoms with Crippen LogP contribution in [0.5, 0.6) is 0 Å². The van der Waals surface area contributed by atoms with E-state index in [4.69, 9.17) is 4.74 Å². The molecule has 0 saturated heterocycles. The van der Waals surface area contributed by atoms with Crippen molar-refractivity contribution in [2.24, 2.45) is 0 Å². The van der Waals surface area contributed by atoms with Gasteiger partial charge >= 0.3 is 5.97 Å². The molecule has 0 bridgehead atoms. The van der Waals surface area contributed by atoms with Crippen molar-refractivity contribution < 1.29 is 19.1 Å². The number of hydrogen-bond donors (Lipinski definition) is 2. The van der Waals surface area contributed by atoms with Crippen molar-refractivity contribution in [1.29, 1.82) is 0 Å². The van der Waals surface area contributed by atoms with Crippen molar-refractivity contribution in [2.45, 2.75) is 12.5 Å². The molecule has 33 heavy (non-hydrogen) atoms. The first-order chi connectivity index (χ1) is 16.1. The maximum Gasteiger partial charge on any atom is 0.329 e. The maximum atomic E-state index is 12.6. The van der Waals surface area contributed by atoms with Crippen LogP contribution >= 0.6 is 11.8 Å². The molecule has 3 aromatic carbocycles. The van der Waals surface area contributed by atoms with Crippen molar-refractivity contribution in [2.75, 3.05) is 23.9 Å². The molecule has 0 aliphatic rings. The number of para-hydroxylation sites is 1. The summed E-state index contributed by atoms with van der Waals surface area (Å²) in [5, 5.41) is 5.52. The lowest BCUT2D eigenvalue weighted by molar-refractivity contribution is -0.149. The lowest BCUT2D eigenvalue weighted by atomic mass is 10.0. The van der Waals surface area contributed by atoms with E-state index in [1.54, 1.807) is 42.1 Å². The number of ether oxygens (including phenoxy) is 1. The molecule has 0 saturated carbocycles. The second-order valence-corrected chi connectivity index (χ2v) is 8.23. The van der Waals surface area contributed by atoms with Gasteiger partial charge in [-0.3, -0.25) is 9.59 Å². The minimum absolute atomic E-state index is 0.361. The van der Waals surface area contributed by atoms with E-state index < -0.39 is 24.5 Å². The molecule has 3 rings (SSSR count). The first-order valence-corrected chi connectivity index (χ1v) is 11.9. The Morgan fingerprint density at radius 3 is 2.21 bits per heavy atom. The number of nitrogens with one attached hydrogen (secondary N) is 2. The molecule has 0 heterocycles. The van der Waals surface area contributed by atoms with Crippen LogP contribution in [0.25, 0.3) is 11.1 Å². The van der Waals surface area contributed by atoms with Crippen LogP contribution in [0.2, 0.25) is 0 Å². The summed E-state index contributed by atoms with van der Waals surface area (Å²) < 4.78 is 5.24. The number of carbonyl (C=O) groups excluding carboxylic acids is 3. The summed E-state index contributed by atoms with van der Waals surface area (Å²) in [6.45, 7) is -0.446. The molecule has 7 heteroatoms. The van der Waals surface area contributed by atoms with Gasteiger partial charge in [0.2, 0.25) is 0 Å². The fourth-order valence-corrected chi connectivity index (χ4v) is 3.67. The predicted molar refractivity (Wildman–Crippen MR) is 132 cm³/mol. The molecule has 2 amide bonds. The van der Waals surface area contributed by atoms with E-state index in [2.05, 4.69) is 10.6 Å². The number of anilines is 1. The van der Waals surface area contributed by atoms with Crippen molar-refractivity contribution >= 4 is 35.2 Å². The van der Waals surface area contributed by atoms with Gasteiger partial charge < -0.3 is 15.4 Å². The van der Waals surface area contributed by atoms with Gasteiger partial charge in [-0.05, 0) is 42.2 Å². The molecule has 0 spiro atoms. The molecule has 1 atom stereocenters. The van der Waals surface area contributed by atoms with E-state index >= 15 is 0 Å². The first kappa shape index (κ1) is 24.1. The van der Waals surface area contributed by atoms with Crippen LogP contribution in [-0.4, -0.2) is 42.4 Å². The number of amides is 2. The highest BCUT2D eigenvalue weighted by Crippen LogP contribution is 2.27. The number of hydrogen-bond acceptors (Lipinski definition) is 5. The van der Waals surface area contributed by atoms with Gasteiger partial charge in [-0.1, -0.05) is 66.7 Å². The van der Waals surface area contributed by atoms with Crippen LogP contribution in [0.3, 0.4) is 0 Å². The molecule has 0 radical (unpaired) electrons. The van der Waals surface area contributed by atoms with Crippen LogP contribution in [0.1, 0.15) is 16.8 Å². The smallest absolute Gasteiger partial charge is 0.329 e. The summed E-state index contributed by atoms with van der Waals surface area (Å²) in [5.74, 6) is -0.796. The van der Waals surface area contributed by atoms with Gasteiger partial charge in [0.1, 0.15) is 6.04 Å². The highest BCUT2D eigenvalue weighted by atomic mass is 32.2. The van der Waals surface area contributed by atoms with Crippen LogP contribution in [0.15, 0.2) is 84.9 Å². The van der Waals surface area contributed by atoms with Crippen molar-refractivity contribution in [3.63, 3.8) is 0 Å². The fraction of sp³-hybridized carbons (Fsp3) is 0.192. The van der Waals surface area contributed by atoms with E-state index in [1.807, 2.05) is 60.9 Å². The molecule has 3 aromatic rings. The Morgan fingerprint density at radius 1 is 0.879 bits per heavy atom. The third-order valence-electron chi connectivity index (χ3n) is 4.87. The highest BCUT2D eigenvalue weighted by molar-refractivity contribution is 7.98. The minimum Gasteiger partial charge on any atom is -0.454 e. The number of carbonyl (C=O) groups is 3. The van der Waals surface area contributed by atoms with Crippen LogP contribution < -0.4 is 10.6 Å². The molecular weight excluding hydrogens is 436 g/mol. The van der Waals surface area contributed by atoms with Gasteiger partial charge in [0.25, 0.3) is 11.8 Å². The summed E-state index contributed by atoms with van der Waals surface area (Å²) in [5.41, 5.74) is 2.91. The van der Waals surface area contributed by atoms with Gasteiger partial charge in [0, 0.05) is 16.8 Å². The number of esters is 1. The molecule has 2 N–H and O–H groups in total. The number of benzene rings is 3. The third-order valence-corrected chi connectivity index (χ3v) is 5.51. The molecular formula is C26H26N2O4S. The molecule has 0 fully saturated rings. The van der Waals surface area contributed by atoms with Crippen molar-refractivity contribution in [3.8, 4) is 11.1 Å². The summed E-state index contributed by atoms with van der Waals surface area (Å²) in [7, 11) is 0. The Morgan fingerprint density at radius 2 is 1.52 bits per heavy atom. The zero-order valence-electron chi connectivity index (χ0n) is 18.3. The van der Waals surface area contributed by atoms with Crippen LogP contribution in [-0.2, 0) is 14.3 Å². The normalized spacial score (nSPS) is 11.3. The molecule has 0 aliphatic carbocycles. The Balaban J connectivity index is 1.60. The summed E-state index contributed by atoms with van der Waals surface area (Å²) >= 11 is 1.56. The van der Waals surface area contributed by atoms with Crippen LogP contribution in [0.4, 0.5) is 5.69 Å². The Hall–Kier alpha value is -3.58. The number of thioether (sulfide) groups is 1. The summed E-state index contributed by atoms with van der Waals surface area (Å²) in [4.78, 5) is 37.6. The third kappa shape index (κ3) is 7.22. The minimum atomic E-state index is -0.838. The standard InChI is InChI=1S/C26H26N2O4S/c1-33-17-16-23(28-25(30)20-12-6-3-7-13-20)26(31)32-18-24(29)27-22-15-9-8-14-21(22)19-10-4-2-5-11-19/h2-15,23H,16-18H2,1H3,(H,27,29)(H,28,30). The average Bonchev–Trinajstić information content (AvgIpc) is 2.86. The Bertz CT molecular complexity index is 1070. The summed E-state index contributed by atoms with van der Waals surface area (Å²) in [6, 6.07) is 24.9. The fourth-order valence-electron chi connectivity index (χ4n) is 3.20. The van der Waals surface area contributed by atoms with E-state index in [0.29, 0.717) is 23.4 Å². The Labute approximate surface area is 197 Å². The lowest BCUT2D eigenvalue weighted by Crippen LogP contribution is -2.43. The SMILES string of the molecule is CSCCC(NC(=O)c1ccccc1)C(=O)OCC(=O)Nc1ccccc1-c1ccccc1. The van der Waals surface area contributed by atoms with Gasteiger partial charge in [-0.25, -0.2) is 4.79 Å². The molecule has 0 aliphatic heterocycles. The topological polar surface area (TPSA) is 84.5 Å². The molecule has 6 nitrogen and oxygen atoms in total. The number of rotatable bonds is 10. The lowest BCUT2D eigenvalue weighted by Gasteiger charge is -2.17. The first-order valence-electron chi connectivity index (χ1n) is 10.5. The molecule has 0 aromatic heterocycles. The van der Waals surface area contributed by atoms with E-state index in [9.17, 15) is 14.4 Å². The van der Waals surface area contributed by atoms with E-state index in [-0.39, 0.29) is 5.91 Å². The van der Waals surface area contributed by atoms with Gasteiger partial charge in [-0.15, -0.1) is 0 Å². The monoisotopic (exact) mass is 462 g/mol. The average molecular weight is 463 g/mol. The Kier molecular flexibility index (Phi) is 9.08. The largest absolute Gasteiger partial charge is 0.454 e. The zero-order chi connectivity index (χ0) is 23.5. The molecule has 1 unspecified atom stereocenters. The maximum absolute atomic E-state index is 12.6. The summed E-state index contributed by atoms with van der Waals surface area (Å²) in [6.07, 6.45) is 2.32. The second kappa shape index (κ2) is 12.5. The predicted octanol–water partition coefficient (Wildman–Crippen LogP) is 4.39. The highest BCUT2D eigenvalue weighted by Gasteiger charge is 2.23. The second-order valence-electron chi connectivity index (χ2n) is 7.24. The zero-order valence-corrected chi connectivity index (χ0v) is 19.1. The van der Waals surface area contributed by atoms with Crippen LogP contribution in [0, 0.1) is 0 Å². The van der Waals surface area contributed by atoms with E-state index in [0.717, 1.165) is 11.1 Å². The molecule has 170 valence electrons. The van der Waals surface area contributed by atoms with E-state index in [1.165, 1.54) is 0 Å². The quantitative estimate of drug-likeness (QED) is 0.437. The van der Waals surface area contributed by atoms with Crippen molar-refractivity contribution in [3.05, 3.63) is 90.5 Å².